The number of fused-ring (bicyclic) bond motifs is 5. The Hall–Kier alpha value is -3.49. The Morgan fingerprint density at radius 2 is 1.40 bits per heavy atom. The molecular formula is C66H117N9O5. The second-order valence-corrected chi connectivity index (χ2v) is 27.5. The number of carbonyl (C=O) groups is 4. The molecule has 1 aliphatic heterocycles. The van der Waals surface area contributed by atoms with Crippen molar-refractivity contribution in [1.82, 2.24) is 45.1 Å². The van der Waals surface area contributed by atoms with E-state index in [0.29, 0.717) is 68.6 Å². The molecule has 0 aromatic carbocycles. The van der Waals surface area contributed by atoms with Crippen LogP contribution in [0.25, 0.3) is 0 Å². The maximum atomic E-state index is 14.7. The van der Waals surface area contributed by atoms with Crippen LogP contribution in [0.4, 0.5) is 4.79 Å². The molecule has 14 nitrogen and oxygen atoms in total. The van der Waals surface area contributed by atoms with Gasteiger partial charge in [-0.25, -0.2) is 9.78 Å². The standard InChI is InChI=1S/C66H117N9O5/c1-11-12-13-14-15-16-17-18-19-20-21-22-23-24-25-26-39-68-64(79)80-54-35-37-65(3)51(44-54)30-31-55-57-33-32-56(66(57,4)38-36-58(55)65)50(2)29-34-61(76)70-53-46-60(62(77)74(42-27-40-71(5)6)43-28-41-72(7)8)75(48-53)63(78)59(73(9)10)45-52-47-67-49-69-52/h18-19,47,49-51,53-60H,11-17,20-46,48H2,1-10H3,(H,67,69)(H,68,79)(H,70,76)/t50-,51?,53+,54-,55?,56-,57?,58?,59?,60+,65+,66-/m1/s1. The number of H-pyrrole nitrogens is 1. The summed E-state index contributed by atoms with van der Waals surface area (Å²) < 4.78 is 6.13. The number of hydrogen-bond donors (Lipinski definition) is 3. The number of nitrogens with zero attached hydrogens (tertiary/aromatic N) is 6. The Labute approximate surface area is 487 Å². The number of aromatic amines is 1. The van der Waals surface area contributed by atoms with Gasteiger partial charge in [-0.05, 0) is 217 Å². The van der Waals surface area contributed by atoms with Gasteiger partial charge >= 0.3 is 6.09 Å². The Morgan fingerprint density at radius 1 is 0.762 bits per heavy atom. The van der Waals surface area contributed by atoms with E-state index in [0.717, 1.165) is 87.9 Å². The minimum Gasteiger partial charge on any atom is -0.446 e. The predicted molar refractivity (Wildman–Crippen MR) is 326 cm³/mol. The molecule has 456 valence electrons. The molecule has 14 heteroatoms. The lowest BCUT2D eigenvalue weighted by molar-refractivity contribution is -0.146. The molecule has 5 unspecified atom stereocenters. The summed E-state index contributed by atoms with van der Waals surface area (Å²) in [6.07, 6.45) is 40.5. The lowest BCUT2D eigenvalue weighted by Crippen LogP contribution is -2.54. The summed E-state index contributed by atoms with van der Waals surface area (Å²) in [7, 11) is 12.0. The summed E-state index contributed by atoms with van der Waals surface area (Å²) in [5.41, 5.74) is 1.46. The lowest BCUT2D eigenvalue weighted by atomic mass is 9.44. The quantitative estimate of drug-likeness (QED) is 0.0446. The van der Waals surface area contributed by atoms with E-state index >= 15 is 0 Å². The van der Waals surface area contributed by atoms with Gasteiger partial charge in [0.2, 0.25) is 17.7 Å². The minimum absolute atomic E-state index is 0.0164. The largest absolute Gasteiger partial charge is 0.446 e. The van der Waals surface area contributed by atoms with Crippen molar-refractivity contribution >= 4 is 23.8 Å². The molecule has 5 aliphatic rings. The number of unbranched alkanes of at least 4 members (excludes halogenated alkanes) is 12. The maximum Gasteiger partial charge on any atom is 0.407 e. The van der Waals surface area contributed by atoms with Gasteiger partial charge in [-0.15, -0.1) is 0 Å². The summed E-state index contributed by atoms with van der Waals surface area (Å²) in [5.74, 6) is 3.76. The summed E-state index contributed by atoms with van der Waals surface area (Å²) in [6, 6.07) is -1.43. The van der Waals surface area contributed by atoms with Crippen LogP contribution < -0.4 is 10.6 Å². The maximum absolute atomic E-state index is 14.7. The second-order valence-electron chi connectivity index (χ2n) is 27.5. The molecule has 80 heavy (non-hydrogen) atoms. The summed E-state index contributed by atoms with van der Waals surface area (Å²) in [6.45, 7) is 13.9. The van der Waals surface area contributed by atoms with Gasteiger partial charge < -0.3 is 40.0 Å². The Bertz CT molecular complexity index is 2000. The van der Waals surface area contributed by atoms with Gasteiger partial charge in [0.15, 0.2) is 0 Å². The normalized spacial score (nSPS) is 28.2. The molecule has 1 aromatic heterocycles. The minimum atomic E-state index is -0.644. The van der Waals surface area contributed by atoms with Crippen molar-refractivity contribution in [3.63, 3.8) is 0 Å². The fraction of sp³-hybridized carbons (Fsp3) is 0.864. The molecule has 1 saturated heterocycles. The Balaban J connectivity index is 0.935. The molecule has 0 spiro atoms. The number of alkyl carbamates (subject to hydrolysis) is 1. The number of hydrogen-bond acceptors (Lipinski definition) is 9. The number of amides is 4. The van der Waals surface area contributed by atoms with E-state index in [2.05, 4.69) is 98.4 Å². The van der Waals surface area contributed by atoms with Gasteiger partial charge in [0.05, 0.1) is 12.4 Å². The van der Waals surface area contributed by atoms with Crippen molar-refractivity contribution in [1.29, 1.82) is 0 Å². The molecule has 6 rings (SSSR count). The van der Waals surface area contributed by atoms with E-state index < -0.39 is 12.1 Å². The van der Waals surface area contributed by atoms with Gasteiger partial charge in [0, 0.05) is 57.0 Å². The molecule has 1 aromatic rings. The van der Waals surface area contributed by atoms with E-state index in [1.54, 1.807) is 17.4 Å². The first-order valence-corrected chi connectivity index (χ1v) is 32.9. The highest BCUT2D eigenvalue weighted by Gasteiger charge is 2.61. The van der Waals surface area contributed by atoms with Crippen LogP contribution in [0.1, 0.15) is 213 Å². The van der Waals surface area contributed by atoms with Crippen molar-refractivity contribution < 1.29 is 23.9 Å². The molecule has 0 bridgehead atoms. The van der Waals surface area contributed by atoms with Crippen molar-refractivity contribution in [2.24, 2.45) is 46.3 Å². The molecule has 4 aliphatic carbocycles. The first kappa shape index (κ1) is 65.7. The predicted octanol–water partition coefficient (Wildman–Crippen LogP) is 11.9. The number of carbonyl (C=O) groups excluding carboxylic acids is 4. The van der Waals surface area contributed by atoms with E-state index in [4.69, 9.17) is 4.74 Å². The number of aromatic nitrogens is 2. The van der Waals surface area contributed by atoms with E-state index in [-0.39, 0.29) is 41.4 Å². The molecule has 0 radical (unpaired) electrons. The highest BCUT2D eigenvalue weighted by Crippen LogP contribution is 2.68. The molecular weight excluding hydrogens is 999 g/mol. The average Bonchev–Trinajstić information content (AvgIpc) is 4.20. The van der Waals surface area contributed by atoms with Crippen LogP contribution >= 0.6 is 0 Å². The van der Waals surface area contributed by atoms with Gasteiger partial charge in [-0.1, -0.05) is 97.6 Å². The smallest absolute Gasteiger partial charge is 0.407 e. The molecule has 4 amide bonds. The highest BCUT2D eigenvalue weighted by molar-refractivity contribution is 5.91. The van der Waals surface area contributed by atoms with Crippen LogP contribution in [0.15, 0.2) is 24.7 Å². The van der Waals surface area contributed by atoms with Crippen LogP contribution in [-0.2, 0) is 25.5 Å². The zero-order valence-electron chi connectivity index (χ0n) is 52.6. The summed E-state index contributed by atoms with van der Waals surface area (Å²) >= 11 is 0. The number of ether oxygens (including phenoxy) is 1. The van der Waals surface area contributed by atoms with Crippen LogP contribution in [0.5, 0.6) is 0 Å². The van der Waals surface area contributed by atoms with Crippen LogP contribution in [0, 0.1) is 46.3 Å². The average molecular weight is 1120 g/mol. The zero-order valence-corrected chi connectivity index (χ0v) is 52.6. The fourth-order valence-corrected chi connectivity index (χ4v) is 16.3. The first-order valence-electron chi connectivity index (χ1n) is 32.9. The van der Waals surface area contributed by atoms with Crippen molar-refractivity contribution in [3.8, 4) is 0 Å². The van der Waals surface area contributed by atoms with Crippen LogP contribution in [-0.4, -0.2) is 164 Å². The molecule has 5 fully saturated rings. The number of nitrogens with one attached hydrogen (secondary N) is 3. The highest BCUT2D eigenvalue weighted by atomic mass is 16.6. The molecule has 4 saturated carbocycles. The van der Waals surface area contributed by atoms with E-state index in [9.17, 15) is 19.2 Å². The monoisotopic (exact) mass is 1120 g/mol. The Morgan fingerprint density at radius 3 is 2.04 bits per heavy atom. The van der Waals surface area contributed by atoms with Crippen LogP contribution in [0.3, 0.4) is 0 Å². The molecule has 2 heterocycles. The number of allylic oxidation sites excluding steroid dienone is 2. The van der Waals surface area contributed by atoms with Gasteiger partial charge in [-0.3, -0.25) is 19.3 Å². The van der Waals surface area contributed by atoms with Crippen LogP contribution in [0.2, 0.25) is 0 Å². The summed E-state index contributed by atoms with van der Waals surface area (Å²) in [5, 5.41) is 6.46. The zero-order chi connectivity index (χ0) is 57.7. The van der Waals surface area contributed by atoms with E-state index in [1.807, 2.05) is 23.9 Å². The van der Waals surface area contributed by atoms with Crippen molar-refractivity contribution in [3.05, 3.63) is 30.4 Å². The van der Waals surface area contributed by atoms with Gasteiger partial charge in [0.25, 0.3) is 0 Å². The topological polar surface area (TPSA) is 146 Å². The van der Waals surface area contributed by atoms with Gasteiger partial charge in [-0.2, -0.15) is 0 Å². The third-order valence-corrected chi connectivity index (χ3v) is 20.9. The number of likely N-dealkylation sites (N-methyl/N-ethyl adjacent to an activating group) is 1. The molecule has 3 N–H and O–H groups in total. The van der Waals surface area contributed by atoms with Gasteiger partial charge in [0.1, 0.15) is 12.1 Å². The molecule has 12 atom stereocenters. The SMILES string of the molecule is CCCCCCCCC=CCCCCCCCCNC(=O)O[C@@H]1CC[C@@]2(C)C(CCC3C2CC[C@@]2(C)C3CC[C@@H]2[C@H](C)CCC(=O)N[C@H]2C[C@@H](C(=O)N(CCCN(C)C)CCCN(C)C)N(C(=O)C(Cc3cnc[nH]3)N(C)C)C2)C1. The van der Waals surface area contributed by atoms with E-state index in [1.165, 1.54) is 116 Å². The number of rotatable bonds is 35. The van der Waals surface area contributed by atoms with Crippen molar-refractivity contribution in [2.45, 2.75) is 238 Å². The number of likely N-dealkylation sites (tertiary alicyclic amines) is 1. The van der Waals surface area contributed by atoms with Crippen molar-refractivity contribution in [2.75, 3.05) is 81.6 Å². The second kappa shape index (κ2) is 33.1. The fourth-order valence-electron chi connectivity index (χ4n) is 16.3. The lowest BCUT2D eigenvalue weighted by Gasteiger charge is -2.61. The third kappa shape index (κ3) is 19.0. The first-order chi connectivity index (χ1) is 38.4. The summed E-state index contributed by atoms with van der Waals surface area (Å²) in [4.78, 5) is 73.8. The Kier molecular flexibility index (Phi) is 27.2. The third-order valence-electron chi connectivity index (χ3n) is 20.9. The number of imidazole rings is 1.